The lowest BCUT2D eigenvalue weighted by Gasteiger charge is -2.71. The first-order valence-electron chi connectivity index (χ1n) is 23.7. The van der Waals surface area contributed by atoms with Gasteiger partial charge in [-0.15, -0.1) is 0 Å². The monoisotopic (exact) mass is 926 g/mol. The zero-order valence-electron chi connectivity index (χ0n) is 38.7. The number of carboxylic acids is 2. The summed E-state index contributed by atoms with van der Waals surface area (Å²) in [5.74, 6) is -1.92. The highest BCUT2D eigenvalue weighted by Gasteiger charge is 2.70. The van der Waals surface area contributed by atoms with E-state index in [0.29, 0.717) is 19.3 Å². The molecule has 5 aliphatic carbocycles. The SMILES string of the molecule is CC1(C)CC[C@]2(C(=O)O)CC[C@]3(C)C(=CC[C@@H]4[C@@]5(C)CC[C@H](O[C@@H]6O[C@H](C(=O)O)[C@@H](O[C@@H]7OC[C@H](O)[C@H](O)[C@H]7O)[C@H](O)[C@H]6O[C@@H]6O[C@H](CO)[C@H](O)[C@H](O)[C@H]6O)C(C)(C)[C@@H]5CC[C@]43C)[C@@H]2C1. The number of carboxylic acid groups (broad SMARTS) is 2. The second-order valence-electron chi connectivity index (χ2n) is 23.1. The number of aliphatic hydroxyl groups excluding tert-OH is 8. The number of hydrogen-bond acceptors (Lipinski definition) is 16. The standard InChI is InChI=1S/C47H74O18/c1-42(2)14-16-47(41(58)59)17-15-45(6)21(22(47)18-42)8-9-26-44(5)12-11-27(43(3,4)25(44)10-13-46(26,45)7)62-40-35(64-39-32(54)30(52)29(51)24(19-48)61-39)33(55)34(36(65-40)37(56)57)63-38-31(53)28(50)23(49)20-60-38/h8,22-36,38-40,48-55H,9-20H2,1-7H3,(H,56,57)(H,58,59)/t22-,23-,24+,25-,26+,27-,28-,29-,30-,31+,32+,33-,34-,35+,36-,38-,39-,40+,44-,45+,46+,47-/m0/s1. The summed E-state index contributed by atoms with van der Waals surface area (Å²) in [7, 11) is 0. The molecule has 0 amide bonds. The van der Waals surface area contributed by atoms with Gasteiger partial charge in [0, 0.05) is 0 Å². The molecule has 0 unspecified atom stereocenters. The van der Waals surface area contributed by atoms with E-state index in [9.17, 15) is 60.7 Å². The predicted molar refractivity (Wildman–Crippen MR) is 225 cm³/mol. The Kier molecular flexibility index (Phi) is 13.1. The first-order valence-corrected chi connectivity index (χ1v) is 23.7. The van der Waals surface area contributed by atoms with E-state index in [1.54, 1.807) is 0 Å². The highest BCUT2D eigenvalue weighted by Crippen LogP contribution is 2.76. The molecule has 0 aromatic heterocycles. The zero-order chi connectivity index (χ0) is 47.6. The molecule has 18 nitrogen and oxygen atoms in total. The van der Waals surface area contributed by atoms with Gasteiger partial charge < -0.3 is 79.5 Å². The van der Waals surface area contributed by atoms with Gasteiger partial charge in [-0.3, -0.25) is 4.79 Å². The average Bonchev–Trinajstić information content (AvgIpc) is 3.23. The lowest BCUT2D eigenvalue weighted by molar-refractivity contribution is -0.387. The van der Waals surface area contributed by atoms with Gasteiger partial charge >= 0.3 is 11.9 Å². The molecule has 10 N–H and O–H groups in total. The van der Waals surface area contributed by atoms with E-state index in [4.69, 9.17) is 28.4 Å². The maximum absolute atomic E-state index is 13.1. The summed E-state index contributed by atoms with van der Waals surface area (Å²) in [6, 6.07) is 0. The third-order valence-corrected chi connectivity index (χ3v) is 18.9. The molecule has 8 rings (SSSR count). The van der Waals surface area contributed by atoms with Crippen LogP contribution in [0.5, 0.6) is 0 Å². The van der Waals surface area contributed by atoms with Gasteiger partial charge in [-0.2, -0.15) is 0 Å². The minimum absolute atomic E-state index is 0.0188. The Labute approximate surface area is 380 Å². The van der Waals surface area contributed by atoms with Crippen molar-refractivity contribution in [2.24, 2.45) is 50.2 Å². The number of ether oxygens (including phenoxy) is 6. The van der Waals surface area contributed by atoms with Crippen LogP contribution in [0.2, 0.25) is 0 Å². The van der Waals surface area contributed by atoms with Crippen LogP contribution in [0.15, 0.2) is 11.6 Å². The average molecular weight is 927 g/mol. The van der Waals surface area contributed by atoms with Gasteiger partial charge in [0.05, 0.1) is 24.7 Å². The molecule has 4 saturated carbocycles. The van der Waals surface area contributed by atoms with Crippen molar-refractivity contribution in [1.29, 1.82) is 0 Å². The first kappa shape index (κ1) is 49.5. The molecular weight excluding hydrogens is 852 g/mol. The summed E-state index contributed by atoms with van der Waals surface area (Å²) in [6.45, 7) is 14.7. The summed E-state index contributed by atoms with van der Waals surface area (Å²) in [6.07, 6.45) is -15.2. The van der Waals surface area contributed by atoms with Crippen molar-refractivity contribution in [1.82, 2.24) is 0 Å². The third-order valence-electron chi connectivity index (χ3n) is 18.9. The van der Waals surface area contributed by atoms with Crippen molar-refractivity contribution < 1.29 is 89.1 Å². The molecular formula is C47H74O18. The van der Waals surface area contributed by atoms with E-state index in [0.717, 1.165) is 44.9 Å². The molecule has 0 aromatic rings. The number of carbonyl (C=O) groups is 2. The summed E-state index contributed by atoms with van der Waals surface area (Å²) >= 11 is 0. The fourth-order valence-corrected chi connectivity index (χ4v) is 14.8. The van der Waals surface area contributed by atoms with Crippen LogP contribution in [0.25, 0.3) is 0 Å². The van der Waals surface area contributed by atoms with Crippen molar-refractivity contribution in [2.45, 2.75) is 205 Å². The molecule has 0 bridgehead atoms. The van der Waals surface area contributed by atoms with Gasteiger partial charge in [0.1, 0.15) is 61.0 Å². The Hall–Kier alpha value is -1.88. The molecule has 7 fully saturated rings. The van der Waals surface area contributed by atoms with Gasteiger partial charge in [-0.25, -0.2) is 4.79 Å². The zero-order valence-corrected chi connectivity index (χ0v) is 38.7. The van der Waals surface area contributed by atoms with Crippen LogP contribution in [0, 0.1) is 50.2 Å². The van der Waals surface area contributed by atoms with Crippen molar-refractivity contribution >= 4 is 11.9 Å². The van der Waals surface area contributed by atoms with E-state index in [2.05, 4.69) is 54.5 Å². The van der Waals surface area contributed by atoms with E-state index < -0.39 is 128 Å². The maximum Gasteiger partial charge on any atom is 0.335 e. The number of fused-ring (bicyclic) bond motifs is 7. The lowest BCUT2D eigenvalue weighted by atomic mass is 9.33. The van der Waals surface area contributed by atoms with Gasteiger partial charge in [0.15, 0.2) is 25.0 Å². The van der Waals surface area contributed by atoms with E-state index in [1.807, 2.05) is 0 Å². The van der Waals surface area contributed by atoms with E-state index in [-0.39, 0.29) is 39.4 Å². The summed E-state index contributed by atoms with van der Waals surface area (Å²) < 4.78 is 35.9. The van der Waals surface area contributed by atoms with Crippen LogP contribution in [0.1, 0.15) is 113 Å². The van der Waals surface area contributed by atoms with E-state index >= 15 is 0 Å². The van der Waals surface area contributed by atoms with Crippen LogP contribution < -0.4 is 0 Å². The minimum atomic E-state index is -1.98. The lowest BCUT2D eigenvalue weighted by Crippen LogP contribution is -2.68. The number of allylic oxidation sites excluding steroid dienone is 2. The molecule has 65 heavy (non-hydrogen) atoms. The molecule has 3 heterocycles. The second-order valence-corrected chi connectivity index (χ2v) is 23.1. The number of aliphatic carboxylic acids is 2. The molecule has 370 valence electrons. The molecule has 3 aliphatic heterocycles. The summed E-state index contributed by atoms with van der Waals surface area (Å²) in [5, 5.41) is 106. The minimum Gasteiger partial charge on any atom is -0.481 e. The van der Waals surface area contributed by atoms with Crippen molar-refractivity contribution in [3.8, 4) is 0 Å². The topological polar surface area (TPSA) is 292 Å². The van der Waals surface area contributed by atoms with Gasteiger partial charge in [-0.05, 0) is 109 Å². The normalized spacial score (nSPS) is 52.8. The Morgan fingerprint density at radius 3 is 2.02 bits per heavy atom. The van der Waals surface area contributed by atoms with Crippen molar-refractivity contribution in [3.63, 3.8) is 0 Å². The molecule has 22 atom stereocenters. The highest BCUT2D eigenvalue weighted by molar-refractivity contribution is 5.76. The maximum atomic E-state index is 13.1. The number of rotatable bonds is 9. The fraction of sp³-hybridized carbons (Fsp3) is 0.915. The Bertz CT molecular complexity index is 1820. The quantitative estimate of drug-likeness (QED) is 0.116. The highest BCUT2D eigenvalue weighted by atomic mass is 16.8. The van der Waals surface area contributed by atoms with Gasteiger partial charge in [0.2, 0.25) is 0 Å². The largest absolute Gasteiger partial charge is 0.481 e. The Morgan fingerprint density at radius 2 is 1.35 bits per heavy atom. The number of aliphatic hydroxyl groups is 8. The van der Waals surface area contributed by atoms with E-state index in [1.165, 1.54) is 5.57 Å². The van der Waals surface area contributed by atoms with Crippen LogP contribution in [0.4, 0.5) is 0 Å². The fourth-order valence-electron chi connectivity index (χ4n) is 14.8. The number of hydrogen-bond donors (Lipinski definition) is 10. The molecule has 0 spiro atoms. The van der Waals surface area contributed by atoms with Crippen LogP contribution in [-0.4, -0.2) is 168 Å². The van der Waals surface area contributed by atoms with Crippen LogP contribution in [0.3, 0.4) is 0 Å². The van der Waals surface area contributed by atoms with Crippen LogP contribution in [-0.2, 0) is 38.0 Å². The smallest absolute Gasteiger partial charge is 0.335 e. The van der Waals surface area contributed by atoms with Crippen molar-refractivity contribution in [3.05, 3.63) is 11.6 Å². The second kappa shape index (κ2) is 17.2. The molecule has 3 saturated heterocycles. The van der Waals surface area contributed by atoms with Gasteiger partial charge in [0.25, 0.3) is 0 Å². The van der Waals surface area contributed by atoms with Gasteiger partial charge in [-0.1, -0.05) is 60.1 Å². The predicted octanol–water partition coefficient (Wildman–Crippen LogP) is 1.44. The molecule has 8 aliphatic rings. The first-order chi connectivity index (χ1) is 30.3. The summed E-state index contributed by atoms with van der Waals surface area (Å²) in [5.41, 5.74) is -0.444. The molecule has 0 aromatic carbocycles. The van der Waals surface area contributed by atoms with Crippen LogP contribution >= 0.6 is 0 Å². The van der Waals surface area contributed by atoms with Crippen molar-refractivity contribution in [2.75, 3.05) is 13.2 Å². The third kappa shape index (κ3) is 7.76. The molecule has 0 radical (unpaired) electrons. The summed E-state index contributed by atoms with van der Waals surface area (Å²) in [4.78, 5) is 26.1. The Morgan fingerprint density at radius 1 is 0.692 bits per heavy atom. The molecule has 18 heteroatoms. The Balaban J connectivity index is 1.08.